The highest BCUT2D eigenvalue weighted by atomic mass is 35.5. The minimum absolute atomic E-state index is 0.0824. The van der Waals surface area contributed by atoms with Crippen molar-refractivity contribution in [1.29, 1.82) is 5.26 Å². The molecule has 0 aliphatic carbocycles. The number of nitriles is 1. The van der Waals surface area contributed by atoms with E-state index in [-0.39, 0.29) is 17.0 Å². The number of nitrogens with zero attached hydrogens (tertiary/aromatic N) is 1. The molecule has 0 aliphatic heterocycles. The van der Waals surface area contributed by atoms with Gasteiger partial charge >= 0.3 is 6.18 Å². The van der Waals surface area contributed by atoms with E-state index in [1.165, 1.54) is 6.07 Å². The van der Waals surface area contributed by atoms with E-state index in [9.17, 15) is 13.2 Å². The Hall–Kier alpha value is -0.920. The summed E-state index contributed by atoms with van der Waals surface area (Å²) in [6, 6.07) is 3.71. The third-order valence-corrected chi connectivity index (χ3v) is 2.35. The molecule has 6 heteroatoms. The summed E-state index contributed by atoms with van der Waals surface area (Å²) in [5.41, 5.74) is -0.930. The third-order valence-electron chi connectivity index (χ3n) is 1.69. The minimum atomic E-state index is -4.56. The Morgan fingerprint density at radius 2 is 1.87 bits per heavy atom. The van der Waals surface area contributed by atoms with Gasteiger partial charge in [-0.05, 0) is 17.7 Å². The molecule has 0 heterocycles. The predicted octanol–water partition coefficient (Wildman–Crippen LogP) is 4.08. The van der Waals surface area contributed by atoms with Crippen molar-refractivity contribution in [3.63, 3.8) is 0 Å². The fourth-order valence-electron chi connectivity index (χ4n) is 1.07. The molecule has 0 spiro atoms. The maximum absolute atomic E-state index is 12.4. The van der Waals surface area contributed by atoms with Gasteiger partial charge in [0, 0.05) is 5.02 Å². The maximum atomic E-state index is 12.4. The summed E-state index contributed by atoms with van der Waals surface area (Å²) < 4.78 is 37.3. The summed E-state index contributed by atoms with van der Waals surface area (Å²) in [4.78, 5) is 0. The molecule has 1 nitrogen and oxygen atoms in total. The first-order chi connectivity index (χ1) is 6.86. The van der Waals surface area contributed by atoms with Gasteiger partial charge in [0.05, 0.1) is 23.1 Å². The number of rotatable bonds is 1. The quantitative estimate of drug-likeness (QED) is 0.740. The summed E-state index contributed by atoms with van der Waals surface area (Å²) in [5.74, 6) is 0. The van der Waals surface area contributed by atoms with Gasteiger partial charge in [0.25, 0.3) is 0 Å². The largest absolute Gasteiger partial charge is 0.417 e. The summed E-state index contributed by atoms with van der Waals surface area (Å²) in [7, 11) is 0. The molecule has 0 saturated heterocycles. The molecule has 0 aliphatic rings. The number of halogens is 5. The number of hydrogen-bond donors (Lipinski definition) is 0. The number of hydrogen-bond acceptors (Lipinski definition) is 1. The van der Waals surface area contributed by atoms with Gasteiger partial charge in [-0.2, -0.15) is 18.4 Å². The monoisotopic (exact) mass is 253 g/mol. The molecule has 1 aromatic rings. The van der Waals surface area contributed by atoms with Crippen molar-refractivity contribution >= 4 is 23.2 Å². The average molecular weight is 254 g/mol. The lowest BCUT2D eigenvalue weighted by Crippen LogP contribution is -2.07. The van der Waals surface area contributed by atoms with Crippen LogP contribution in [0.25, 0.3) is 0 Å². The number of benzene rings is 1. The zero-order valence-electron chi connectivity index (χ0n) is 7.20. The van der Waals surface area contributed by atoms with E-state index in [0.717, 1.165) is 6.07 Å². The molecule has 0 bridgehead atoms. The molecule has 0 aromatic heterocycles. The summed E-state index contributed by atoms with van der Waals surface area (Å²) in [6.07, 6.45) is -4.77. The van der Waals surface area contributed by atoms with Crippen LogP contribution in [0.1, 0.15) is 11.1 Å². The van der Waals surface area contributed by atoms with Gasteiger partial charge < -0.3 is 0 Å². The van der Waals surface area contributed by atoms with Crippen LogP contribution in [-0.4, -0.2) is 0 Å². The first kappa shape index (κ1) is 12.2. The second-order valence-corrected chi connectivity index (χ2v) is 3.57. The normalized spacial score (nSPS) is 11.2. The smallest absolute Gasteiger partial charge is 0.198 e. The van der Waals surface area contributed by atoms with E-state index in [4.69, 9.17) is 28.5 Å². The lowest BCUT2D eigenvalue weighted by Gasteiger charge is -2.11. The molecular formula is C9H4Cl2F3N. The van der Waals surface area contributed by atoms with Crippen LogP contribution < -0.4 is 0 Å². The zero-order chi connectivity index (χ0) is 11.6. The Bertz CT molecular complexity index is 421. The van der Waals surface area contributed by atoms with E-state index in [2.05, 4.69) is 0 Å². The summed E-state index contributed by atoms with van der Waals surface area (Å²) in [5, 5.41) is 7.85. The zero-order valence-corrected chi connectivity index (χ0v) is 8.71. The van der Waals surface area contributed by atoms with Crippen LogP contribution in [0.4, 0.5) is 13.2 Å². The fraction of sp³-hybridized carbons (Fsp3) is 0.222. The van der Waals surface area contributed by atoms with E-state index < -0.39 is 16.8 Å². The lowest BCUT2D eigenvalue weighted by molar-refractivity contribution is -0.137. The van der Waals surface area contributed by atoms with Crippen molar-refractivity contribution in [1.82, 2.24) is 0 Å². The average Bonchev–Trinajstić information content (AvgIpc) is 2.09. The van der Waals surface area contributed by atoms with Gasteiger partial charge in [0.2, 0.25) is 0 Å². The summed E-state index contributed by atoms with van der Waals surface area (Å²) >= 11 is 11.0. The van der Waals surface area contributed by atoms with Crippen LogP contribution in [0.15, 0.2) is 12.1 Å². The van der Waals surface area contributed by atoms with Crippen LogP contribution in [0, 0.1) is 11.3 Å². The van der Waals surface area contributed by atoms with E-state index >= 15 is 0 Å². The van der Waals surface area contributed by atoms with E-state index in [1.807, 2.05) is 0 Å². The van der Waals surface area contributed by atoms with Crippen molar-refractivity contribution in [2.75, 3.05) is 0 Å². The molecule has 80 valence electrons. The molecule has 1 rings (SSSR count). The van der Waals surface area contributed by atoms with Gasteiger partial charge in [0.15, 0.2) is 0 Å². The maximum Gasteiger partial charge on any atom is 0.417 e. The molecule has 0 radical (unpaired) electrons. The fourth-order valence-corrected chi connectivity index (χ4v) is 1.59. The predicted molar refractivity (Wildman–Crippen MR) is 50.8 cm³/mol. The second-order valence-electron chi connectivity index (χ2n) is 2.76. The highest BCUT2D eigenvalue weighted by molar-refractivity contribution is 6.34. The third kappa shape index (κ3) is 2.77. The van der Waals surface area contributed by atoms with Crippen molar-refractivity contribution in [2.24, 2.45) is 0 Å². The Kier molecular flexibility index (Phi) is 3.48. The van der Waals surface area contributed by atoms with Crippen molar-refractivity contribution < 1.29 is 13.2 Å². The lowest BCUT2D eigenvalue weighted by atomic mass is 10.1. The van der Waals surface area contributed by atoms with Crippen LogP contribution in [0.5, 0.6) is 0 Å². The van der Waals surface area contributed by atoms with Crippen molar-refractivity contribution in [3.8, 4) is 6.07 Å². The molecule has 0 atom stereocenters. The van der Waals surface area contributed by atoms with Crippen molar-refractivity contribution in [2.45, 2.75) is 12.6 Å². The molecule has 0 saturated carbocycles. The highest BCUT2D eigenvalue weighted by Gasteiger charge is 2.34. The van der Waals surface area contributed by atoms with Gasteiger partial charge in [-0.25, -0.2) is 0 Å². The highest BCUT2D eigenvalue weighted by Crippen LogP contribution is 2.38. The molecule has 0 fully saturated rings. The summed E-state index contributed by atoms with van der Waals surface area (Å²) in [6.45, 7) is 0. The second kappa shape index (κ2) is 4.30. The Balaban J connectivity index is 3.36. The Morgan fingerprint density at radius 1 is 1.27 bits per heavy atom. The molecule has 0 unspecified atom stereocenters. The number of alkyl halides is 3. The molecular weight excluding hydrogens is 250 g/mol. The molecule has 0 N–H and O–H groups in total. The van der Waals surface area contributed by atoms with E-state index in [1.54, 1.807) is 6.07 Å². The van der Waals surface area contributed by atoms with Gasteiger partial charge in [-0.15, -0.1) is 0 Å². The van der Waals surface area contributed by atoms with Crippen LogP contribution in [0.2, 0.25) is 10.0 Å². The molecule has 15 heavy (non-hydrogen) atoms. The van der Waals surface area contributed by atoms with E-state index in [0.29, 0.717) is 0 Å². The SMILES string of the molecule is N#CCc1cc(Cl)cc(C(F)(F)F)c1Cl. The first-order valence-electron chi connectivity index (χ1n) is 3.78. The Labute approximate surface area is 94.0 Å². The van der Waals surface area contributed by atoms with Crippen LogP contribution in [0.3, 0.4) is 0 Å². The molecule has 0 amide bonds. The van der Waals surface area contributed by atoms with Crippen LogP contribution >= 0.6 is 23.2 Å². The minimum Gasteiger partial charge on any atom is -0.198 e. The first-order valence-corrected chi connectivity index (χ1v) is 4.54. The Morgan fingerprint density at radius 3 is 2.33 bits per heavy atom. The standard InChI is InChI=1S/C9H4Cl2F3N/c10-6-3-5(1-2-15)8(11)7(4-6)9(12,13)14/h3-4H,1H2. The van der Waals surface area contributed by atoms with Crippen molar-refractivity contribution in [3.05, 3.63) is 33.3 Å². The topological polar surface area (TPSA) is 23.8 Å². The molecule has 1 aromatic carbocycles. The van der Waals surface area contributed by atoms with Gasteiger partial charge in [-0.1, -0.05) is 23.2 Å². The van der Waals surface area contributed by atoms with Gasteiger partial charge in [-0.3, -0.25) is 0 Å². The van der Waals surface area contributed by atoms with Gasteiger partial charge in [0.1, 0.15) is 0 Å². The van der Waals surface area contributed by atoms with Crippen LogP contribution in [-0.2, 0) is 12.6 Å².